The minimum atomic E-state index is 0.612. The second-order valence-electron chi connectivity index (χ2n) is 6.51. The molecule has 0 N–H and O–H groups in total. The Labute approximate surface area is 199 Å². The van der Waals surface area contributed by atoms with Crippen LogP contribution < -0.4 is 0 Å². The maximum Gasteiger partial charge on any atom is 0.232 e. The first kappa shape index (κ1) is 21.8. The second-order valence-corrected chi connectivity index (χ2v) is 9.56. The number of hydrogen-bond donors (Lipinski definition) is 0. The summed E-state index contributed by atoms with van der Waals surface area (Å²) in [6, 6.07) is 25.5. The lowest BCUT2D eigenvalue weighted by Gasteiger charge is -2.02. The molecule has 0 saturated heterocycles. The van der Waals surface area contributed by atoms with Crippen molar-refractivity contribution in [2.75, 3.05) is 0 Å². The predicted molar refractivity (Wildman–Crippen MR) is 134 cm³/mol. The van der Waals surface area contributed by atoms with Crippen LogP contribution in [0.25, 0.3) is 6.08 Å². The van der Waals surface area contributed by atoms with Gasteiger partial charge in [0.05, 0.1) is 5.71 Å². The molecule has 0 amide bonds. The molecule has 0 unspecified atom stereocenters. The van der Waals surface area contributed by atoms with E-state index in [0.717, 1.165) is 26.9 Å². The maximum atomic E-state index is 6.06. The van der Waals surface area contributed by atoms with Gasteiger partial charge in [0, 0.05) is 21.4 Å². The first-order valence-corrected chi connectivity index (χ1v) is 12.0. The molecule has 0 aliphatic rings. The van der Waals surface area contributed by atoms with Crippen LogP contribution in [0.2, 0.25) is 10.0 Å². The van der Waals surface area contributed by atoms with Crippen LogP contribution in [0.3, 0.4) is 0 Å². The Hall–Kier alpha value is -2.44. The third-order valence-electron chi connectivity index (χ3n) is 4.26. The Bertz CT molecular complexity index is 1190. The van der Waals surface area contributed by atoms with Gasteiger partial charge in [-0.25, -0.2) is 4.99 Å². The second kappa shape index (κ2) is 10.7. The van der Waals surface area contributed by atoms with Crippen LogP contribution in [0.1, 0.15) is 16.7 Å². The number of aromatic nitrogens is 2. The fourth-order valence-electron chi connectivity index (χ4n) is 2.70. The number of rotatable bonds is 7. The molecule has 0 fully saturated rings. The Morgan fingerprint density at radius 1 is 0.871 bits per heavy atom. The molecule has 1 heterocycles. The van der Waals surface area contributed by atoms with Crippen LogP contribution >= 0.6 is 46.3 Å². The molecule has 31 heavy (non-hydrogen) atoms. The van der Waals surface area contributed by atoms with Gasteiger partial charge in [-0.3, -0.25) is 0 Å². The van der Waals surface area contributed by atoms with Crippen LogP contribution in [0.4, 0.5) is 5.13 Å². The summed E-state index contributed by atoms with van der Waals surface area (Å²) in [5.41, 5.74) is 4.01. The monoisotopic (exact) mass is 481 g/mol. The average molecular weight is 482 g/mol. The number of hydrogen-bond acceptors (Lipinski definition) is 5. The van der Waals surface area contributed by atoms with Crippen molar-refractivity contribution >= 4 is 63.2 Å². The third-order valence-corrected chi connectivity index (χ3v) is 6.79. The van der Waals surface area contributed by atoms with Crippen molar-refractivity contribution in [3.8, 4) is 0 Å². The molecule has 0 radical (unpaired) electrons. The Morgan fingerprint density at radius 3 is 2.26 bits per heavy atom. The van der Waals surface area contributed by atoms with Gasteiger partial charge in [-0.2, -0.15) is 0 Å². The van der Waals surface area contributed by atoms with Crippen LogP contribution in [-0.2, 0) is 5.75 Å². The van der Waals surface area contributed by atoms with E-state index < -0.39 is 0 Å². The van der Waals surface area contributed by atoms with Crippen molar-refractivity contribution in [1.29, 1.82) is 0 Å². The van der Waals surface area contributed by atoms with E-state index in [1.165, 1.54) is 16.9 Å². The van der Waals surface area contributed by atoms with Crippen molar-refractivity contribution in [2.24, 2.45) is 4.99 Å². The van der Waals surface area contributed by atoms with Crippen molar-refractivity contribution < 1.29 is 0 Å². The van der Waals surface area contributed by atoms with E-state index in [9.17, 15) is 0 Å². The van der Waals surface area contributed by atoms with E-state index in [1.807, 2.05) is 78.9 Å². The van der Waals surface area contributed by atoms with Crippen molar-refractivity contribution in [2.45, 2.75) is 10.1 Å². The lowest BCUT2D eigenvalue weighted by Crippen LogP contribution is -1.96. The van der Waals surface area contributed by atoms with Crippen LogP contribution in [-0.4, -0.2) is 15.9 Å². The van der Waals surface area contributed by atoms with Crippen LogP contribution in [0.15, 0.2) is 94.3 Å². The van der Waals surface area contributed by atoms with Crippen molar-refractivity contribution in [3.63, 3.8) is 0 Å². The zero-order valence-corrected chi connectivity index (χ0v) is 19.4. The number of nitrogens with zero attached hydrogens (tertiary/aromatic N) is 3. The Kier molecular flexibility index (Phi) is 7.54. The van der Waals surface area contributed by atoms with Crippen molar-refractivity contribution in [3.05, 3.63) is 112 Å². The van der Waals surface area contributed by atoms with Gasteiger partial charge in [-0.05, 0) is 41.5 Å². The SMILES string of the molecule is Clc1ccc(/C=C/C(=Nc2nnc(SCc3ccccc3)s2)c2ccc(Cl)cc2)cc1. The van der Waals surface area contributed by atoms with E-state index in [-0.39, 0.29) is 0 Å². The predicted octanol–water partition coefficient (Wildman–Crippen LogP) is 7.97. The summed E-state index contributed by atoms with van der Waals surface area (Å²) < 4.78 is 0.889. The molecule has 154 valence electrons. The summed E-state index contributed by atoms with van der Waals surface area (Å²) >= 11 is 15.2. The van der Waals surface area contributed by atoms with Crippen LogP contribution in [0, 0.1) is 0 Å². The van der Waals surface area contributed by atoms with E-state index in [0.29, 0.717) is 15.2 Å². The molecule has 7 heteroatoms. The van der Waals surface area contributed by atoms with Gasteiger partial charge in [0.25, 0.3) is 0 Å². The molecule has 1 aromatic heterocycles. The quantitative estimate of drug-likeness (QED) is 0.198. The number of aliphatic imine (C=N–C) groups is 1. The molecule has 0 bridgehead atoms. The highest BCUT2D eigenvalue weighted by Gasteiger charge is 2.07. The standard InChI is InChI=1S/C24H17Cl2N3S2/c25-20-11-6-17(7-12-20)8-15-22(19-9-13-21(26)14-10-19)27-23-28-29-24(31-23)30-16-18-4-2-1-3-5-18/h1-15H,16H2/b15-8+,27-22?. The van der Waals surface area contributed by atoms with E-state index in [4.69, 9.17) is 28.2 Å². The number of allylic oxidation sites excluding steroid dienone is 1. The summed E-state index contributed by atoms with van der Waals surface area (Å²) in [4.78, 5) is 4.76. The van der Waals surface area contributed by atoms with E-state index in [2.05, 4.69) is 22.3 Å². The van der Waals surface area contributed by atoms with E-state index >= 15 is 0 Å². The fraction of sp³-hybridized carbons (Fsp3) is 0.0417. The topological polar surface area (TPSA) is 38.1 Å². The molecule has 0 saturated carbocycles. The van der Waals surface area contributed by atoms with Crippen molar-refractivity contribution in [1.82, 2.24) is 10.2 Å². The first-order valence-electron chi connectivity index (χ1n) is 9.44. The van der Waals surface area contributed by atoms with Gasteiger partial charge in [0.1, 0.15) is 0 Å². The lowest BCUT2D eigenvalue weighted by molar-refractivity contribution is 1.01. The summed E-state index contributed by atoms with van der Waals surface area (Å²) in [5.74, 6) is 0.847. The third kappa shape index (κ3) is 6.52. The maximum absolute atomic E-state index is 6.06. The van der Waals surface area contributed by atoms with Gasteiger partial charge in [0.15, 0.2) is 4.34 Å². The molecule has 4 aromatic rings. The van der Waals surface area contributed by atoms with Crippen LogP contribution in [0.5, 0.6) is 0 Å². The number of thioether (sulfide) groups is 1. The number of benzene rings is 3. The molecule has 0 spiro atoms. The summed E-state index contributed by atoms with van der Waals surface area (Å²) in [6.45, 7) is 0. The Morgan fingerprint density at radius 2 is 1.55 bits per heavy atom. The molecule has 3 aromatic carbocycles. The molecular weight excluding hydrogens is 465 g/mol. The fourth-order valence-corrected chi connectivity index (χ4v) is 4.63. The Balaban J connectivity index is 1.56. The van der Waals surface area contributed by atoms with Gasteiger partial charge in [0.2, 0.25) is 5.13 Å². The van der Waals surface area contributed by atoms with Gasteiger partial charge < -0.3 is 0 Å². The highest BCUT2D eigenvalue weighted by Crippen LogP contribution is 2.30. The summed E-state index contributed by atoms with van der Waals surface area (Å²) in [6.07, 6.45) is 3.96. The average Bonchev–Trinajstić information content (AvgIpc) is 3.25. The highest BCUT2D eigenvalue weighted by molar-refractivity contribution is 8.00. The molecule has 0 aliphatic heterocycles. The molecule has 4 rings (SSSR count). The highest BCUT2D eigenvalue weighted by atomic mass is 35.5. The smallest absolute Gasteiger partial charge is 0.218 e. The summed E-state index contributed by atoms with van der Waals surface area (Å²) in [5, 5.41) is 10.5. The number of halogens is 2. The zero-order valence-electron chi connectivity index (χ0n) is 16.3. The van der Waals surface area contributed by atoms with Gasteiger partial charge >= 0.3 is 0 Å². The molecule has 0 aliphatic carbocycles. The molecular formula is C24H17Cl2N3S2. The zero-order chi connectivity index (χ0) is 21.5. The molecule has 0 atom stereocenters. The van der Waals surface area contributed by atoms with Gasteiger partial charge in [-0.1, -0.05) is 107 Å². The largest absolute Gasteiger partial charge is 0.232 e. The van der Waals surface area contributed by atoms with E-state index in [1.54, 1.807) is 11.8 Å². The molecule has 3 nitrogen and oxygen atoms in total. The van der Waals surface area contributed by atoms with Gasteiger partial charge in [-0.15, -0.1) is 10.2 Å². The minimum absolute atomic E-state index is 0.612. The normalized spacial score (nSPS) is 11.9. The minimum Gasteiger partial charge on any atom is -0.218 e. The summed E-state index contributed by atoms with van der Waals surface area (Å²) in [7, 11) is 0. The lowest BCUT2D eigenvalue weighted by atomic mass is 10.1. The first-order chi connectivity index (χ1) is 15.2.